The van der Waals surface area contributed by atoms with E-state index in [4.69, 9.17) is 16.2 Å². The Hall–Kier alpha value is -1.00. The summed E-state index contributed by atoms with van der Waals surface area (Å²) in [4.78, 5) is 0. The Kier molecular flexibility index (Phi) is 3.18. The lowest BCUT2D eigenvalue weighted by Crippen LogP contribution is -2.21. The van der Waals surface area contributed by atoms with Crippen molar-refractivity contribution in [3.8, 4) is 5.75 Å². The van der Waals surface area contributed by atoms with Crippen molar-refractivity contribution in [3.05, 3.63) is 23.5 Å². The van der Waals surface area contributed by atoms with E-state index in [9.17, 15) is 4.39 Å². The van der Waals surface area contributed by atoms with Gasteiger partial charge in [-0.15, -0.1) is 12.4 Å². The predicted molar refractivity (Wildman–Crippen MR) is 55.1 cm³/mol. The lowest BCUT2D eigenvalue weighted by Gasteiger charge is -2.23. The van der Waals surface area contributed by atoms with Gasteiger partial charge in [0, 0.05) is 24.1 Å². The van der Waals surface area contributed by atoms with Gasteiger partial charge in [-0.3, -0.25) is 0 Å². The van der Waals surface area contributed by atoms with Crippen molar-refractivity contribution >= 4 is 18.1 Å². The van der Waals surface area contributed by atoms with Crippen LogP contribution in [0.4, 0.5) is 10.1 Å². The van der Waals surface area contributed by atoms with E-state index in [1.165, 1.54) is 12.1 Å². The first-order valence-corrected chi connectivity index (χ1v) is 4.16. The lowest BCUT2D eigenvalue weighted by atomic mass is 10.0. The quantitative estimate of drug-likeness (QED) is 0.651. The highest BCUT2D eigenvalue weighted by atomic mass is 35.5. The van der Waals surface area contributed by atoms with Crippen LogP contribution in [0.2, 0.25) is 0 Å². The second-order valence-corrected chi connectivity index (χ2v) is 3.16. The van der Waals surface area contributed by atoms with Gasteiger partial charge in [0.05, 0.1) is 12.3 Å². The zero-order chi connectivity index (χ0) is 9.42. The van der Waals surface area contributed by atoms with Gasteiger partial charge in [0.1, 0.15) is 11.6 Å². The first-order chi connectivity index (χ1) is 6.18. The summed E-state index contributed by atoms with van der Waals surface area (Å²) in [6.07, 6.45) is 0.704. The third-order valence-corrected chi connectivity index (χ3v) is 2.19. The van der Waals surface area contributed by atoms with Crippen LogP contribution < -0.4 is 16.2 Å². The number of benzene rings is 1. The number of rotatable bonds is 0. The molecule has 0 saturated carbocycles. The second-order valence-electron chi connectivity index (χ2n) is 3.16. The standard InChI is InChI=1S/C9H11FN2O.ClH/c10-5-3-6-7(11)1-2-13-9(6)8(12)4-5;/h3-4,7H,1-2,11-12H2;1H/t7-;/m1./s1. The van der Waals surface area contributed by atoms with Crippen LogP contribution in [0.1, 0.15) is 18.0 Å². The van der Waals surface area contributed by atoms with Crippen LogP contribution in [-0.4, -0.2) is 6.61 Å². The Morgan fingerprint density at radius 2 is 2.14 bits per heavy atom. The summed E-state index contributed by atoms with van der Waals surface area (Å²) >= 11 is 0. The van der Waals surface area contributed by atoms with Crippen molar-refractivity contribution in [2.45, 2.75) is 12.5 Å². The summed E-state index contributed by atoms with van der Waals surface area (Å²) in [5.41, 5.74) is 12.4. The molecule has 1 aliphatic rings. The molecule has 0 aliphatic carbocycles. The first-order valence-electron chi connectivity index (χ1n) is 4.16. The van der Waals surface area contributed by atoms with Crippen molar-refractivity contribution in [2.24, 2.45) is 5.73 Å². The first kappa shape index (κ1) is 11.1. The smallest absolute Gasteiger partial charge is 0.147 e. The molecule has 0 spiro atoms. The number of fused-ring (bicyclic) bond motifs is 1. The van der Waals surface area contributed by atoms with Crippen molar-refractivity contribution in [3.63, 3.8) is 0 Å². The molecule has 78 valence electrons. The second kappa shape index (κ2) is 4.02. The molecule has 4 N–H and O–H groups in total. The Labute approximate surface area is 87.6 Å². The molecule has 0 saturated heterocycles. The summed E-state index contributed by atoms with van der Waals surface area (Å²) in [6.45, 7) is 0.546. The van der Waals surface area contributed by atoms with Gasteiger partial charge in [-0.1, -0.05) is 0 Å². The minimum absolute atomic E-state index is 0. The van der Waals surface area contributed by atoms with Gasteiger partial charge < -0.3 is 16.2 Å². The van der Waals surface area contributed by atoms with Crippen LogP contribution >= 0.6 is 12.4 Å². The van der Waals surface area contributed by atoms with E-state index in [2.05, 4.69) is 0 Å². The molecular weight excluding hydrogens is 207 g/mol. The zero-order valence-electron chi connectivity index (χ0n) is 7.50. The van der Waals surface area contributed by atoms with Crippen LogP contribution in [0.3, 0.4) is 0 Å². The molecule has 14 heavy (non-hydrogen) atoms. The third kappa shape index (κ3) is 1.76. The maximum Gasteiger partial charge on any atom is 0.147 e. The molecule has 1 aliphatic heterocycles. The average molecular weight is 219 g/mol. The van der Waals surface area contributed by atoms with E-state index in [1.54, 1.807) is 0 Å². The number of nitrogens with two attached hydrogens (primary N) is 2. The van der Waals surface area contributed by atoms with Gasteiger partial charge in [-0.05, 0) is 6.07 Å². The van der Waals surface area contributed by atoms with Gasteiger partial charge in [0.15, 0.2) is 0 Å². The van der Waals surface area contributed by atoms with Gasteiger partial charge in [-0.2, -0.15) is 0 Å². The molecule has 0 fully saturated rings. The van der Waals surface area contributed by atoms with E-state index in [-0.39, 0.29) is 24.3 Å². The van der Waals surface area contributed by atoms with E-state index in [1.807, 2.05) is 0 Å². The molecule has 0 bridgehead atoms. The summed E-state index contributed by atoms with van der Waals surface area (Å²) in [7, 11) is 0. The number of hydrogen-bond donors (Lipinski definition) is 2. The van der Waals surface area contributed by atoms with E-state index in [0.29, 0.717) is 30.0 Å². The van der Waals surface area contributed by atoms with E-state index >= 15 is 0 Å². The number of hydrogen-bond acceptors (Lipinski definition) is 3. The summed E-state index contributed by atoms with van der Waals surface area (Å²) in [5.74, 6) is 0.178. The third-order valence-electron chi connectivity index (χ3n) is 2.19. The fourth-order valence-electron chi connectivity index (χ4n) is 1.52. The average Bonchev–Trinajstić information content (AvgIpc) is 2.07. The predicted octanol–water partition coefficient (Wildman–Crippen LogP) is 1.61. The largest absolute Gasteiger partial charge is 0.491 e. The van der Waals surface area contributed by atoms with Crippen molar-refractivity contribution in [2.75, 3.05) is 12.3 Å². The van der Waals surface area contributed by atoms with E-state index in [0.717, 1.165) is 0 Å². The maximum absolute atomic E-state index is 12.9. The summed E-state index contributed by atoms with van der Waals surface area (Å²) in [5, 5.41) is 0. The van der Waals surface area contributed by atoms with Gasteiger partial charge >= 0.3 is 0 Å². The molecule has 0 unspecified atom stereocenters. The van der Waals surface area contributed by atoms with Crippen LogP contribution in [0, 0.1) is 5.82 Å². The molecule has 0 amide bonds. The number of ether oxygens (including phenoxy) is 1. The highest BCUT2D eigenvalue weighted by molar-refractivity contribution is 5.85. The molecule has 2 rings (SSSR count). The fraction of sp³-hybridized carbons (Fsp3) is 0.333. The highest BCUT2D eigenvalue weighted by Crippen LogP contribution is 2.35. The van der Waals surface area contributed by atoms with Gasteiger partial charge in [-0.25, -0.2) is 4.39 Å². The zero-order valence-corrected chi connectivity index (χ0v) is 8.31. The summed E-state index contributed by atoms with van der Waals surface area (Å²) in [6, 6.07) is 2.47. The molecule has 1 atom stereocenters. The molecule has 3 nitrogen and oxygen atoms in total. The van der Waals surface area contributed by atoms with Crippen LogP contribution in [0.5, 0.6) is 5.75 Å². The normalized spacial score (nSPS) is 19.1. The summed E-state index contributed by atoms with van der Waals surface area (Å²) < 4.78 is 18.2. The van der Waals surface area contributed by atoms with Crippen molar-refractivity contribution in [1.82, 2.24) is 0 Å². The molecule has 5 heteroatoms. The number of halogens is 2. The Bertz CT molecular complexity index is 346. The Morgan fingerprint density at radius 3 is 2.86 bits per heavy atom. The van der Waals surface area contributed by atoms with Crippen molar-refractivity contribution in [1.29, 1.82) is 0 Å². The molecule has 0 aromatic heterocycles. The fourth-order valence-corrected chi connectivity index (χ4v) is 1.52. The van der Waals surface area contributed by atoms with Crippen LogP contribution in [0.15, 0.2) is 12.1 Å². The highest BCUT2D eigenvalue weighted by Gasteiger charge is 2.20. The van der Waals surface area contributed by atoms with Gasteiger partial charge in [0.2, 0.25) is 0 Å². The monoisotopic (exact) mass is 218 g/mol. The maximum atomic E-state index is 12.9. The van der Waals surface area contributed by atoms with Crippen molar-refractivity contribution < 1.29 is 9.13 Å². The van der Waals surface area contributed by atoms with Crippen LogP contribution in [-0.2, 0) is 0 Å². The Balaban J connectivity index is 0.000000980. The number of anilines is 1. The minimum atomic E-state index is -0.364. The van der Waals surface area contributed by atoms with E-state index < -0.39 is 0 Å². The molecular formula is C9H12ClFN2O. The lowest BCUT2D eigenvalue weighted by molar-refractivity contribution is 0.270. The Morgan fingerprint density at radius 1 is 1.43 bits per heavy atom. The van der Waals surface area contributed by atoms with Gasteiger partial charge in [0.25, 0.3) is 0 Å². The topological polar surface area (TPSA) is 61.3 Å². The molecule has 0 radical (unpaired) electrons. The SMILES string of the molecule is Cl.Nc1cc(F)cc2c1OCC[C@H]2N. The number of nitrogen functional groups attached to an aromatic ring is 1. The molecule has 1 heterocycles. The molecule has 1 aromatic rings. The molecule has 1 aromatic carbocycles. The van der Waals surface area contributed by atoms with Crippen LogP contribution in [0.25, 0.3) is 0 Å². The minimum Gasteiger partial charge on any atom is -0.491 e.